The van der Waals surface area contributed by atoms with Crippen molar-refractivity contribution in [1.29, 1.82) is 0 Å². The molecule has 0 amide bonds. The van der Waals surface area contributed by atoms with Crippen LogP contribution in [0.5, 0.6) is 0 Å². The first-order valence-electron chi connectivity index (χ1n) is 7.25. The summed E-state index contributed by atoms with van der Waals surface area (Å²) in [5.41, 5.74) is 0.375. The van der Waals surface area contributed by atoms with Crippen molar-refractivity contribution in [3.63, 3.8) is 0 Å². The summed E-state index contributed by atoms with van der Waals surface area (Å²) in [5, 5.41) is 3.24. The van der Waals surface area contributed by atoms with E-state index in [0.717, 1.165) is 18.7 Å². The van der Waals surface area contributed by atoms with Gasteiger partial charge < -0.3 is 10.3 Å². The zero-order valence-corrected chi connectivity index (χ0v) is 14.3. The number of nitrogens with one attached hydrogen (secondary N) is 2. The molecular formula is C15H27N3O2S. The summed E-state index contributed by atoms with van der Waals surface area (Å²) >= 11 is 0. The smallest absolute Gasteiger partial charge is 0.245 e. The van der Waals surface area contributed by atoms with E-state index in [4.69, 9.17) is 0 Å². The van der Waals surface area contributed by atoms with Crippen LogP contribution in [0.2, 0.25) is 0 Å². The Balaban J connectivity index is 2.98. The minimum atomic E-state index is -3.53. The van der Waals surface area contributed by atoms with E-state index in [1.165, 1.54) is 4.31 Å². The molecule has 0 fully saturated rings. The highest BCUT2D eigenvalue weighted by Crippen LogP contribution is 2.24. The van der Waals surface area contributed by atoms with Crippen molar-refractivity contribution < 1.29 is 8.42 Å². The van der Waals surface area contributed by atoms with Gasteiger partial charge >= 0.3 is 0 Å². The second-order valence-electron chi connectivity index (χ2n) is 6.03. The monoisotopic (exact) mass is 313 g/mol. The Hall–Kier alpha value is -1.11. The molecule has 0 aliphatic heterocycles. The largest absolute Gasteiger partial charge is 0.363 e. The third kappa shape index (κ3) is 4.69. The van der Waals surface area contributed by atoms with E-state index in [1.54, 1.807) is 18.3 Å². The Kier molecular flexibility index (Phi) is 6.19. The number of aromatic nitrogens is 1. The molecular weight excluding hydrogens is 286 g/mol. The van der Waals surface area contributed by atoms with E-state index in [9.17, 15) is 8.42 Å². The van der Waals surface area contributed by atoms with Crippen LogP contribution in [0.1, 0.15) is 39.8 Å². The summed E-state index contributed by atoms with van der Waals surface area (Å²) in [6, 6.07) is 1.69. The molecule has 0 bridgehead atoms. The molecule has 0 atom stereocenters. The standard InChI is InChI=1S/C15H27N3O2S/c1-6-8-16-11-13-10-14(12-17-13)21(19,20)18(9-7-2)15(3,4)5/h7,10,12,16-17H,2,6,8-9,11H2,1,3-5H3. The number of hydrogen-bond acceptors (Lipinski definition) is 3. The molecule has 0 aromatic carbocycles. The summed E-state index contributed by atoms with van der Waals surface area (Å²) in [7, 11) is -3.53. The fourth-order valence-corrected chi connectivity index (χ4v) is 3.82. The first kappa shape index (κ1) is 17.9. The molecule has 0 spiro atoms. The Morgan fingerprint density at radius 2 is 2.10 bits per heavy atom. The molecule has 1 heterocycles. The first-order valence-corrected chi connectivity index (χ1v) is 8.69. The van der Waals surface area contributed by atoms with E-state index in [1.807, 2.05) is 20.8 Å². The van der Waals surface area contributed by atoms with Crippen LogP contribution in [0, 0.1) is 0 Å². The van der Waals surface area contributed by atoms with Crippen LogP contribution in [0.15, 0.2) is 29.8 Å². The van der Waals surface area contributed by atoms with Crippen molar-refractivity contribution in [2.24, 2.45) is 0 Å². The Bertz CT molecular complexity index is 556. The molecule has 0 saturated carbocycles. The van der Waals surface area contributed by atoms with Gasteiger partial charge in [0.25, 0.3) is 0 Å². The number of nitrogens with zero attached hydrogens (tertiary/aromatic N) is 1. The van der Waals surface area contributed by atoms with Gasteiger partial charge in [-0.15, -0.1) is 6.58 Å². The van der Waals surface area contributed by atoms with Crippen LogP contribution in [-0.4, -0.2) is 36.3 Å². The average molecular weight is 313 g/mol. The van der Waals surface area contributed by atoms with Gasteiger partial charge in [-0.25, -0.2) is 8.42 Å². The molecule has 0 aliphatic carbocycles. The van der Waals surface area contributed by atoms with Crippen molar-refractivity contribution in [3.05, 3.63) is 30.6 Å². The Morgan fingerprint density at radius 3 is 2.62 bits per heavy atom. The lowest BCUT2D eigenvalue weighted by atomic mass is 10.1. The van der Waals surface area contributed by atoms with Crippen molar-refractivity contribution in [2.75, 3.05) is 13.1 Å². The summed E-state index contributed by atoms with van der Waals surface area (Å²) in [6.07, 6.45) is 4.21. The maximum atomic E-state index is 12.8. The summed E-state index contributed by atoms with van der Waals surface area (Å²) in [4.78, 5) is 3.32. The topological polar surface area (TPSA) is 65.2 Å². The molecule has 2 N–H and O–H groups in total. The molecule has 1 rings (SSSR count). The van der Waals surface area contributed by atoms with Gasteiger partial charge in [-0.2, -0.15) is 4.31 Å². The predicted molar refractivity (Wildman–Crippen MR) is 86.6 cm³/mol. The zero-order valence-electron chi connectivity index (χ0n) is 13.4. The highest BCUT2D eigenvalue weighted by molar-refractivity contribution is 7.89. The third-order valence-corrected chi connectivity index (χ3v) is 5.20. The number of hydrogen-bond donors (Lipinski definition) is 2. The maximum absolute atomic E-state index is 12.8. The van der Waals surface area contributed by atoms with Crippen molar-refractivity contribution in [1.82, 2.24) is 14.6 Å². The van der Waals surface area contributed by atoms with E-state index in [0.29, 0.717) is 18.0 Å². The lowest BCUT2D eigenvalue weighted by Gasteiger charge is -2.33. The number of aromatic amines is 1. The van der Waals surface area contributed by atoms with Crippen LogP contribution in [-0.2, 0) is 16.6 Å². The Labute approximate surface area is 128 Å². The van der Waals surface area contributed by atoms with Gasteiger partial charge in [-0.05, 0) is 39.8 Å². The van der Waals surface area contributed by atoms with Crippen molar-refractivity contribution in [3.8, 4) is 0 Å². The van der Waals surface area contributed by atoms with Crippen molar-refractivity contribution >= 4 is 10.0 Å². The summed E-state index contributed by atoms with van der Waals surface area (Å²) in [6.45, 7) is 13.2. The Morgan fingerprint density at radius 1 is 1.43 bits per heavy atom. The zero-order chi connectivity index (χ0) is 16.1. The molecule has 0 aliphatic rings. The second-order valence-corrected chi connectivity index (χ2v) is 7.90. The molecule has 21 heavy (non-hydrogen) atoms. The first-order chi connectivity index (χ1) is 9.73. The van der Waals surface area contributed by atoms with Gasteiger partial charge in [-0.1, -0.05) is 13.0 Å². The maximum Gasteiger partial charge on any atom is 0.245 e. The van der Waals surface area contributed by atoms with Gasteiger partial charge in [0.05, 0.1) is 4.90 Å². The van der Waals surface area contributed by atoms with E-state index >= 15 is 0 Å². The number of rotatable bonds is 8. The highest BCUT2D eigenvalue weighted by Gasteiger charge is 2.33. The fraction of sp³-hybridized carbons (Fsp3) is 0.600. The molecule has 1 aromatic heterocycles. The average Bonchev–Trinajstić information content (AvgIpc) is 2.84. The number of sulfonamides is 1. The molecule has 5 nitrogen and oxygen atoms in total. The van der Waals surface area contributed by atoms with Crippen LogP contribution in [0.4, 0.5) is 0 Å². The third-order valence-electron chi connectivity index (χ3n) is 3.09. The van der Waals surface area contributed by atoms with Crippen LogP contribution < -0.4 is 5.32 Å². The minimum absolute atomic E-state index is 0.292. The second kappa shape index (κ2) is 7.24. The van der Waals surface area contributed by atoms with Gasteiger partial charge in [0.1, 0.15) is 0 Å². The molecule has 6 heteroatoms. The lowest BCUT2D eigenvalue weighted by Crippen LogP contribution is -2.45. The molecule has 0 radical (unpaired) electrons. The SMILES string of the molecule is C=CCN(C(C)(C)C)S(=O)(=O)c1c[nH]c(CNCCC)c1. The van der Waals surface area contributed by atoms with Gasteiger partial charge in [0, 0.05) is 30.5 Å². The minimum Gasteiger partial charge on any atom is -0.363 e. The number of H-pyrrole nitrogens is 1. The normalized spacial score (nSPS) is 12.8. The molecule has 120 valence electrons. The van der Waals surface area contributed by atoms with Gasteiger partial charge in [-0.3, -0.25) is 0 Å². The lowest BCUT2D eigenvalue weighted by molar-refractivity contribution is 0.270. The summed E-state index contributed by atoms with van der Waals surface area (Å²) < 4.78 is 27.0. The predicted octanol–water partition coefficient (Wildman–Crippen LogP) is 2.49. The molecule has 0 unspecified atom stereocenters. The van der Waals surface area contributed by atoms with Gasteiger partial charge in [0.15, 0.2) is 0 Å². The molecule has 1 aromatic rings. The van der Waals surface area contributed by atoms with Gasteiger partial charge in [0.2, 0.25) is 10.0 Å². The molecule has 0 saturated heterocycles. The van der Waals surface area contributed by atoms with Crippen LogP contribution in [0.3, 0.4) is 0 Å². The quantitative estimate of drug-likeness (QED) is 0.572. The van der Waals surface area contributed by atoms with Crippen LogP contribution in [0.25, 0.3) is 0 Å². The summed E-state index contributed by atoms with van der Waals surface area (Å²) in [5.74, 6) is 0. The highest BCUT2D eigenvalue weighted by atomic mass is 32.2. The van der Waals surface area contributed by atoms with E-state index in [-0.39, 0.29) is 0 Å². The van der Waals surface area contributed by atoms with E-state index < -0.39 is 15.6 Å². The van der Waals surface area contributed by atoms with Crippen molar-refractivity contribution in [2.45, 2.75) is 51.1 Å². The fourth-order valence-electron chi connectivity index (χ4n) is 2.05. The van der Waals surface area contributed by atoms with Crippen LogP contribution >= 0.6 is 0 Å². The van der Waals surface area contributed by atoms with E-state index in [2.05, 4.69) is 23.8 Å².